The fraction of sp³-hybridized carbons (Fsp3) is 0.0500. The molecule has 0 bridgehead atoms. The third kappa shape index (κ3) is 4.18. The number of benzene rings is 2. The number of hydrogen-bond donors (Lipinski definition) is 1. The fourth-order valence-electron chi connectivity index (χ4n) is 2.80. The van der Waals surface area contributed by atoms with E-state index < -0.39 is 0 Å². The van der Waals surface area contributed by atoms with Crippen molar-refractivity contribution in [3.63, 3.8) is 0 Å². The number of ether oxygens (including phenoxy) is 1. The zero-order chi connectivity index (χ0) is 21.4. The first-order valence-electron chi connectivity index (χ1n) is 9.05. The van der Waals surface area contributed by atoms with Crippen LogP contribution in [0.25, 0.3) is 15.9 Å². The quantitative estimate of drug-likeness (QED) is 0.410. The lowest BCUT2D eigenvalue weighted by atomic mass is 10.3. The average molecular weight is 452 g/mol. The second kappa shape index (κ2) is 7.93. The molecule has 3 aromatic heterocycles. The van der Waals surface area contributed by atoms with Crippen LogP contribution >= 0.6 is 23.1 Å². The van der Waals surface area contributed by atoms with Gasteiger partial charge in [-0.15, -0.1) is 15.3 Å². The molecule has 0 fully saturated rings. The lowest BCUT2D eigenvalue weighted by molar-refractivity contribution is -0.114. The van der Waals surface area contributed by atoms with Crippen LogP contribution in [0.3, 0.4) is 0 Å². The Balaban J connectivity index is 1.42. The van der Waals surface area contributed by atoms with E-state index in [1.165, 1.54) is 42.2 Å². The number of amides is 1. The summed E-state index contributed by atoms with van der Waals surface area (Å²) < 4.78 is 21.6. The number of hydrogen-bond acceptors (Lipinski definition) is 8. The van der Waals surface area contributed by atoms with E-state index in [0.717, 1.165) is 15.1 Å². The van der Waals surface area contributed by atoms with Crippen molar-refractivity contribution in [3.8, 4) is 11.6 Å². The number of nitrogens with zero attached hydrogens (tertiary/aromatic N) is 5. The predicted molar refractivity (Wildman–Crippen MR) is 115 cm³/mol. The van der Waals surface area contributed by atoms with Crippen LogP contribution in [0.4, 0.5) is 9.52 Å². The highest BCUT2D eigenvalue weighted by Crippen LogP contribution is 2.33. The molecule has 5 aromatic rings. The van der Waals surface area contributed by atoms with E-state index in [9.17, 15) is 9.18 Å². The summed E-state index contributed by atoms with van der Waals surface area (Å²) in [6.07, 6.45) is 0. The predicted octanol–water partition coefficient (Wildman–Crippen LogP) is 4.78. The van der Waals surface area contributed by atoms with Crippen LogP contribution in [0.5, 0.6) is 11.6 Å². The number of rotatable bonds is 5. The smallest absolute Gasteiger partial charge is 0.237 e. The molecule has 5 rings (SSSR count). The van der Waals surface area contributed by atoms with Gasteiger partial charge in [-0.1, -0.05) is 17.4 Å². The van der Waals surface area contributed by atoms with Crippen molar-refractivity contribution in [3.05, 3.63) is 60.4 Å². The van der Waals surface area contributed by atoms with Crippen LogP contribution in [0.1, 0.15) is 6.92 Å². The SMILES string of the molecule is CC(=O)Nc1nc2ccc(Sc3nnc4ccc(Oc5cccc(F)c5)nn34)cc2s1. The minimum Gasteiger partial charge on any atom is -0.437 e. The highest BCUT2D eigenvalue weighted by Gasteiger charge is 2.12. The van der Waals surface area contributed by atoms with Crippen LogP contribution in [-0.2, 0) is 4.79 Å². The molecule has 1 amide bonds. The zero-order valence-electron chi connectivity index (χ0n) is 15.9. The summed E-state index contributed by atoms with van der Waals surface area (Å²) in [6.45, 7) is 1.45. The maximum Gasteiger partial charge on any atom is 0.237 e. The summed E-state index contributed by atoms with van der Waals surface area (Å²) in [5.41, 5.74) is 1.36. The minimum absolute atomic E-state index is 0.161. The topological polar surface area (TPSA) is 94.3 Å². The number of anilines is 1. The molecule has 0 saturated carbocycles. The number of fused-ring (bicyclic) bond motifs is 2. The monoisotopic (exact) mass is 452 g/mol. The lowest BCUT2D eigenvalue weighted by Crippen LogP contribution is -2.04. The van der Waals surface area contributed by atoms with Gasteiger partial charge in [0.2, 0.25) is 16.9 Å². The van der Waals surface area contributed by atoms with Gasteiger partial charge >= 0.3 is 0 Å². The number of aromatic nitrogens is 5. The third-order valence-electron chi connectivity index (χ3n) is 4.08. The summed E-state index contributed by atoms with van der Waals surface area (Å²) in [7, 11) is 0. The van der Waals surface area contributed by atoms with Crippen molar-refractivity contribution < 1.29 is 13.9 Å². The molecule has 0 saturated heterocycles. The number of halogens is 1. The van der Waals surface area contributed by atoms with E-state index in [1.54, 1.807) is 28.8 Å². The van der Waals surface area contributed by atoms with Crippen molar-refractivity contribution in [1.82, 2.24) is 24.8 Å². The Bertz CT molecular complexity index is 1430. The van der Waals surface area contributed by atoms with E-state index in [0.29, 0.717) is 21.7 Å². The van der Waals surface area contributed by atoms with Crippen LogP contribution in [-0.4, -0.2) is 30.7 Å². The van der Waals surface area contributed by atoms with E-state index in [1.807, 2.05) is 18.2 Å². The molecule has 0 aliphatic carbocycles. The molecule has 0 spiro atoms. The van der Waals surface area contributed by atoms with Crippen LogP contribution in [0.15, 0.2) is 64.6 Å². The van der Waals surface area contributed by atoms with Gasteiger partial charge in [-0.2, -0.15) is 4.52 Å². The molecule has 0 atom stereocenters. The summed E-state index contributed by atoms with van der Waals surface area (Å²) in [5.74, 6) is 0.0857. The Labute approximate surface area is 183 Å². The molecule has 2 aromatic carbocycles. The molecule has 154 valence electrons. The maximum atomic E-state index is 13.4. The summed E-state index contributed by atoms with van der Waals surface area (Å²) in [6, 6.07) is 15.0. The number of thiazole rings is 1. The van der Waals surface area contributed by atoms with E-state index in [-0.39, 0.29) is 17.6 Å². The van der Waals surface area contributed by atoms with Gasteiger partial charge in [0, 0.05) is 24.0 Å². The molecule has 3 heterocycles. The van der Waals surface area contributed by atoms with Crippen molar-refractivity contribution in [2.45, 2.75) is 17.0 Å². The summed E-state index contributed by atoms with van der Waals surface area (Å²) >= 11 is 2.78. The van der Waals surface area contributed by atoms with Crippen LogP contribution in [0.2, 0.25) is 0 Å². The molecule has 0 radical (unpaired) electrons. The Morgan fingerprint density at radius 3 is 2.90 bits per heavy atom. The Morgan fingerprint density at radius 2 is 2.06 bits per heavy atom. The molecule has 0 aliphatic heterocycles. The number of carbonyl (C=O) groups is 1. The van der Waals surface area contributed by atoms with Crippen molar-refractivity contribution >= 4 is 50.0 Å². The van der Waals surface area contributed by atoms with E-state index in [4.69, 9.17) is 4.74 Å². The average Bonchev–Trinajstić information content (AvgIpc) is 3.30. The van der Waals surface area contributed by atoms with Crippen LogP contribution in [0, 0.1) is 5.82 Å². The van der Waals surface area contributed by atoms with Gasteiger partial charge in [0.05, 0.1) is 10.2 Å². The molecule has 8 nitrogen and oxygen atoms in total. The molecule has 0 unspecified atom stereocenters. The molecule has 1 N–H and O–H groups in total. The summed E-state index contributed by atoms with van der Waals surface area (Å²) in [4.78, 5) is 16.6. The highest BCUT2D eigenvalue weighted by atomic mass is 32.2. The Kier molecular flexibility index (Phi) is 4.96. The second-order valence-electron chi connectivity index (χ2n) is 6.42. The minimum atomic E-state index is -0.390. The normalized spacial score (nSPS) is 11.2. The molecule has 0 aliphatic rings. The Hall–Kier alpha value is -3.57. The number of nitrogens with one attached hydrogen (secondary N) is 1. The zero-order valence-corrected chi connectivity index (χ0v) is 17.6. The standard InChI is InChI=1S/C20H13FN6O2S2/c1-11(28)22-19-23-15-6-5-14(10-16(15)31-19)30-20-25-24-17-7-8-18(26-27(17)20)29-13-4-2-3-12(21)9-13/h2-10H,1H3,(H,22,23,28). The van der Waals surface area contributed by atoms with E-state index >= 15 is 0 Å². The van der Waals surface area contributed by atoms with Gasteiger partial charge in [0.25, 0.3) is 0 Å². The van der Waals surface area contributed by atoms with Gasteiger partial charge in [-0.3, -0.25) is 4.79 Å². The highest BCUT2D eigenvalue weighted by molar-refractivity contribution is 7.99. The molecule has 11 heteroatoms. The van der Waals surface area contributed by atoms with Crippen molar-refractivity contribution in [2.75, 3.05) is 5.32 Å². The maximum absolute atomic E-state index is 13.4. The number of carbonyl (C=O) groups excluding carboxylic acids is 1. The summed E-state index contributed by atoms with van der Waals surface area (Å²) in [5, 5.41) is 16.6. The molecular formula is C20H13FN6O2S2. The van der Waals surface area contributed by atoms with Gasteiger partial charge in [0.1, 0.15) is 11.6 Å². The van der Waals surface area contributed by atoms with Gasteiger partial charge in [-0.25, -0.2) is 9.37 Å². The van der Waals surface area contributed by atoms with Crippen molar-refractivity contribution in [1.29, 1.82) is 0 Å². The van der Waals surface area contributed by atoms with Gasteiger partial charge in [-0.05, 0) is 48.2 Å². The molecular weight excluding hydrogens is 439 g/mol. The van der Waals surface area contributed by atoms with Gasteiger partial charge in [0.15, 0.2) is 10.8 Å². The largest absolute Gasteiger partial charge is 0.437 e. The Morgan fingerprint density at radius 1 is 1.16 bits per heavy atom. The van der Waals surface area contributed by atoms with Gasteiger partial charge < -0.3 is 10.1 Å². The van der Waals surface area contributed by atoms with Crippen LogP contribution < -0.4 is 10.1 Å². The van der Waals surface area contributed by atoms with E-state index in [2.05, 4.69) is 25.6 Å². The van der Waals surface area contributed by atoms with Crippen molar-refractivity contribution in [2.24, 2.45) is 0 Å². The first-order chi connectivity index (χ1) is 15.0. The second-order valence-corrected chi connectivity index (χ2v) is 8.49. The first kappa shape index (κ1) is 19.4. The lowest BCUT2D eigenvalue weighted by Gasteiger charge is -2.05. The fourth-order valence-corrected chi connectivity index (χ4v) is 4.65. The molecule has 31 heavy (non-hydrogen) atoms. The first-order valence-corrected chi connectivity index (χ1v) is 10.7. The third-order valence-corrected chi connectivity index (χ3v) is 5.94.